The number of carbonyl (C=O) groups excluding carboxylic acids is 1. The van der Waals surface area contributed by atoms with Gasteiger partial charge in [-0.2, -0.15) is 4.98 Å². The number of amides is 1. The molecule has 4 rings (SSSR count). The van der Waals surface area contributed by atoms with E-state index >= 15 is 0 Å². The van der Waals surface area contributed by atoms with Crippen molar-refractivity contribution in [1.29, 1.82) is 0 Å². The van der Waals surface area contributed by atoms with Gasteiger partial charge in [0, 0.05) is 16.6 Å². The first-order valence-corrected chi connectivity index (χ1v) is 9.08. The Morgan fingerprint density at radius 3 is 2.73 bits per heavy atom. The molecule has 1 atom stereocenters. The molecule has 26 heavy (non-hydrogen) atoms. The smallest absolute Gasteiger partial charge is 0.255 e. The van der Waals surface area contributed by atoms with E-state index in [-0.39, 0.29) is 17.8 Å². The second-order valence-corrected chi connectivity index (χ2v) is 6.95. The molecule has 0 bridgehead atoms. The SMILES string of the molecule is O=C(c1ccccc1Br)N1CCCC1c1nc(-c2ccc(F)cc2)no1. The highest BCUT2D eigenvalue weighted by atomic mass is 79.9. The molecule has 1 saturated heterocycles. The lowest BCUT2D eigenvalue weighted by molar-refractivity contribution is 0.0709. The summed E-state index contributed by atoms with van der Waals surface area (Å²) in [5, 5.41) is 3.99. The maximum Gasteiger partial charge on any atom is 0.255 e. The molecule has 1 amide bonds. The molecule has 1 aromatic heterocycles. The van der Waals surface area contributed by atoms with Gasteiger partial charge in [-0.25, -0.2) is 4.39 Å². The van der Waals surface area contributed by atoms with Crippen molar-refractivity contribution in [3.05, 3.63) is 70.3 Å². The number of benzene rings is 2. The van der Waals surface area contributed by atoms with Crippen molar-refractivity contribution in [2.45, 2.75) is 18.9 Å². The first-order valence-electron chi connectivity index (χ1n) is 8.28. The summed E-state index contributed by atoms with van der Waals surface area (Å²) < 4.78 is 19.3. The second-order valence-electron chi connectivity index (χ2n) is 6.10. The molecule has 1 aliphatic heterocycles. The molecular weight excluding hydrogens is 401 g/mol. The van der Waals surface area contributed by atoms with Gasteiger partial charge in [0.05, 0.1) is 5.56 Å². The standard InChI is InChI=1S/C19H15BrFN3O2/c20-15-5-2-1-4-14(15)19(25)24-11-3-6-16(24)18-22-17(23-26-18)12-7-9-13(21)10-8-12/h1-2,4-5,7-10,16H,3,6,11H2. The summed E-state index contributed by atoms with van der Waals surface area (Å²) in [5.41, 5.74) is 1.28. The van der Waals surface area contributed by atoms with Gasteiger partial charge < -0.3 is 9.42 Å². The predicted octanol–water partition coefficient (Wildman–Crippen LogP) is 4.62. The van der Waals surface area contributed by atoms with Crippen LogP contribution in [0.3, 0.4) is 0 Å². The van der Waals surface area contributed by atoms with Crippen LogP contribution in [0, 0.1) is 5.82 Å². The molecule has 2 aromatic carbocycles. The van der Waals surface area contributed by atoms with Crippen LogP contribution in [0.4, 0.5) is 4.39 Å². The molecule has 1 unspecified atom stereocenters. The van der Waals surface area contributed by atoms with Crippen molar-refractivity contribution < 1.29 is 13.7 Å². The molecule has 2 heterocycles. The van der Waals surface area contributed by atoms with Crippen LogP contribution in [0.1, 0.15) is 35.1 Å². The van der Waals surface area contributed by atoms with Gasteiger partial charge in [-0.15, -0.1) is 0 Å². The van der Waals surface area contributed by atoms with Gasteiger partial charge in [-0.3, -0.25) is 4.79 Å². The summed E-state index contributed by atoms with van der Waals surface area (Å²) in [6.45, 7) is 0.638. The zero-order valence-electron chi connectivity index (χ0n) is 13.7. The van der Waals surface area contributed by atoms with E-state index in [9.17, 15) is 9.18 Å². The summed E-state index contributed by atoms with van der Waals surface area (Å²) in [6.07, 6.45) is 1.64. The maximum absolute atomic E-state index is 13.1. The predicted molar refractivity (Wildman–Crippen MR) is 96.8 cm³/mol. The Labute approximate surface area is 158 Å². The third kappa shape index (κ3) is 3.14. The minimum absolute atomic E-state index is 0.0680. The number of aromatic nitrogens is 2. The summed E-state index contributed by atoms with van der Waals surface area (Å²) in [7, 11) is 0. The largest absolute Gasteiger partial charge is 0.337 e. The molecule has 0 saturated carbocycles. The lowest BCUT2D eigenvalue weighted by atomic mass is 10.1. The average molecular weight is 416 g/mol. The monoisotopic (exact) mass is 415 g/mol. The fourth-order valence-electron chi connectivity index (χ4n) is 3.14. The zero-order valence-corrected chi connectivity index (χ0v) is 15.3. The Morgan fingerprint density at radius 2 is 1.96 bits per heavy atom. The molecule has 7 heteroatoms. The van der Waals surface area contributed by atoms with Crippen molar-refractivity contribution in [3.8, 4) is 11.4 Å². The van der Waals surface area contributed by atoms with Crippen molar-refractivity contribution in [3.63, 3.8) is 0 Å². The van der Waals surface area contributed by atoms with Gasteiger partial charge in [0.15, 0.2) is 0 Å². The molecule has 1 fully saturated rings. The first kappa shape index (κ1) is 16.9. The van der Waals surface area contributed by atoms with Crippen LogP contribution in [0.25, 0.3) is 11.4 Å². The molecule has 1 aliphatic rings. The molecule has 0 N–H and O–H groups in total. The number of hydrogen-bond donors (Lipinski definition) is 0. The number of likely N-dealkylation sites (tertiary alicyclic amines) is 1. The van der Waals surface area contributed by atoms with Crippen LogP contribution in [0.2, 0.25) is 0 Å². The molecule has 5 nitrogen and oxygen atoms in total. The Kier molecular flexibility index (Phi) is 4.55. The third-order valence-electron chi connectivity index (χ3n) is 4.45. The number of hydrogen-bond acceptors (Lipinski definition) is 4. The van der Waals surface area contributed by atoms with Gasteiger partial charge >= 0.3 is 0 Å². The van der Waals surface area contributed by atoms with E-state index in [0.29, 0.717) is 29.4 Å². The van der Waals surface area contributed by atoms with E-state index in [4.69, 9.17) is 4.52 Å². The Bertz CT molecular complexity index is 942. The lowest BCUT2D eigenvalue weighted by Crippen LogP contribution is -2.31. The van der Waals surface area contributed by atoms with Crippen LogP contribution < -0.4 is 0 Å². The molecule has 0 spiro atoms. The van der Waals surface area contributed by atoms with Gasteiger partial charge in [0.1, 0.15) is 11.9 Å². The van der Waals surface area contributed by atoms with Crippen LogP contribution in [-0.4, -0.2) is 27.5 Å². The van der Waals surface area contributed by atoms with E-state index in [0.717, 1.165) is 17.3 Å². The van der Waals surface area contributed by atoms with Gasteiger partial charge in [-0.1, -0.05) is 17.3 Å². The van der Waals surface area contributed by atoms with Crippen LogP contribution >= 0.6 is 15.9 Å². The highest BCUT2D eigenvalue weighted by Gasteiger charge is 2.35. The minimum atomic E-state index is -0.321. The fourth-order valence-corrected chi connectivity index (χ4v) is 3.60. The van der Waals surface area contributed by atoms with Gasteiger partial charge in [-0.05, 0) is 65.2 Å². The third-order valence-corrected chi connectivity index (χ3v) is 5.14. The quantitative estimate of drug-likeness (QED) is 0.626. The topological polar surface area (TPSA) is 59.2 Å². The summed E-state index contributed by atoms with van der Waals surface area (Å²) in [4.78, 5) is 19.1. The van der Waals surface area contributed by atoms with Crippen LogP contribution in [0.15, 0.2) is 57.5 Å². The number of rotatable bonds is 3. The van der Waals surface area contributed by atoms with Gasteiger partial charge in [0.2, 0.25) is 11.7 Å². The van der Waals surface area contributed by atoms with Crippen molar-refractivity contribution >= 4 is 21.8 Å². The summed E-state index contributed by atoms with van der Waals surface area (Å²) in [5.74, 6) is 0.405. The van der Waals surface area contributed by atoms with E-state index in [2.05, 4.69) is 26.1 Å². The Balaban J connectivity index is 1.60. The second kappa shape index (κ2) is 6.99. The van der Waals surface area contributed by atoms with Crippen LogP contribution in [0.5, 0.6) is 0 Å². The molecule has 0 radical (unpaired) electrons. The molecule has 132 valence electrons. The Hall–Kier alpha value is -2.54. The average Bonchev–Trinajstić information content (AvgIpc) is 3.31. The molecule has 0 aliphatic carbocycles. The summed E-state index contributed by atoms with van der Waals surface area (Å²) >= 11 is 3.43. The minimum Gasteiger partial charge on any atom is -0.337 e. The lowest BCUT2D eigenvalue weighted by Gasteiger charge is -2.22. The van der Waals surface area contributed by atoms with Crippen molar-refractivity contribution in [1.82, 2.24) is 15.0 Å². The highest BCUT2D eigenvalue weighted by molar-refractivity contribution is 9.10. The summed E-state index contributed by atoms with van der Waals surface area (Å²) in [6, 6.07) is 13.0. The fraction of sp³-hybridized carbons (Fsp3) is 0.211. The van der Waals surface area contributed by atoms with E-state index in [1.54, 1.807) is 23.1 Å². The maximum atomic E-state index is 13.1. The van der Waals surface area contributed by atoms with Crippen molar-refractivity contribution in [2.24, 2.45) is 0 Å². The number of carbonyl (C=O) groups is 1. The van der Waals surface area contributed by atoms with E-state index in [1.165, 1.54) is 12.1 Å². The molecule has 3 aromatic rings. The molecular formula is C19H15BrFN3O2. The van der Waals surface area contributed by atoms with Gasteiger partial charge in [0.25, 0.3) is 5.91 Å². The van der Waals surface area contributed by atoms with E-state index < -0.39 is 0 Å². The zero-order chi connectivity index (χ0) is 18.1. The number of halogens is 2. The normalized spacial score (nSPS) is 16.8. The first-order chi connectivity index (χ1) is 12.6. The Morgan fingerprint density at radius 1 is 1.19 bits per heavy atom. The van der Waals surface area contributed by atoms with E-state index in [1.807, 2.05) is 18.2 Å². The number of nitrogens with zero attached hydrogens (tertiary/aromatic N) is 3. The van der Waals surface area contributed by atoms with Crippen LogP contribution in [-0.2, 0) is 0 Å². The van der Waals surface area contributed by atoms with Crippen molar-refractivity contribution in [2.75, 3.05) is 6.54 Å². The highest BCUT2D eigenvalue weighted by Crippen LogP contribution is 2.34.